The lowest BCUT2D eigenvalue weighted by Gasteiger charge is -2.22. The van der Waals surface area contributed by atoms with E-state index in [0.717, 1.165) is 12.8 Å². The molecule has 1 aromatic carbocycles. The minimum Gasteiger partial charge on any atom is -0.359 e. The number of hydrogen-bond acceptors (Lipinski definition) is 1. The number of allylic oxidation sites excluding steroid dienone is 1. The minimum atomic E-state index is 0.0602. The molecular formula is C14H17NO. The molecule has 84 valence electrons. The van der Waals surface area contributed by atoms with Gasteiger partial charge in [0.1, 0.15) is 0 Å². The number of carbonyl (C=O) groups excluding carboxylic acids is 1. The minimum absolute atomic E-state index is 0.0602. The maximum atomic E-state index is 11.4. The second-order valence-corrected chi connectivity index (χ2v) is 4.20. The standard InChI is InChI=1S/C14H17NO/c1-15-14(16)13-9-7-12(8-10-13)11-5-3-2-4-6-11/h2-7,9,12-13H,8,10H2,1H3,(H,15,16)/t12-,13+/m0/s1. The molecule has 0 spiro atoms. The molecule has 0 heterocycles. The number of carbonyl (C=O) groups is 1. The van der Waals surface area contributed by atoms with Crippen LogP contribution in [0.3, 0.4) is 0 Å². The predicted molar refractivity (Wildman–Crippen MR) is 65.1 cm³/mol. The second kappa shape index (κ2) is 4.97. The lowest BCUT2D eigenvalue weighted by molar-refractivity contribution is -0.123. The van der Waals surface area contributed by atoms with Crippen LogP contribution >= 0.6 is 0 Å². The first-order chi connectivity index (χ1) is 7.81. The fourth-order valence-electron chi connectivity index (χ4n) is 2.20. The zero-order valence-corrected chi connectivity index (χ0v) is 9.52. The second-order valence-electron chi connectivity index (χ2n) is 4.20. The van der Waals surface area contributed by atoms with E-state index in [9.17, 15) is 4.79 Å². The first-order valence-electron chi connectivity index (χ1n) is 5.76. The highest BCUT2D eigenvalue weighted by atomic mass is 16.1. The topological polar surface area (TPSA) is 29.1 Å². The van der Waals surface area contributed by atoms with Crippen LogP contribution in [-0.2, 0) is 4.79 Å². The fourth-order valence-corrected chi connectivity index (χ4v) is 2.20. The average Bonchev–Trinajstić information content (AvgIpc) is 2.39. The Hall–Kier alpha value is -1.57. The van der Waals surface area contributed by atoms with E-state index in [2.05, 4.69) is 35.7 Å². The van der Waals surface area contributed by atoms with Crippen molar-refractivity contribution in [2.75, 3.05) is 7.05 Å². The van der Waals surface area contributed by atoms with Crippen molar-refractivity contribution in [1.29, 1.82) is 0 Å². The Bertz CT molecular complexity index is 383. The van der Waals surface area contributed by atoms with Crippen LogP contribution in [0.25, 0.3) is 0 Å². The van der Waals surface area contributed by atoms with Crippen molar-refractivity contribution in [1.82, 2.24) is 5.32 Å². The smallest absolute Gasteiger partial charge is 0.226 e. The van der Waals surface area contributed by atoms with Gasteiger partial charge in [-0.05, 0) is 18.4 Å². The van der Waals surface area contributed by atoms with E-state index in [1.54, 1.807) is 7.05 Å². The molecular weight excluding hydrogens is 198 g/mol. The van der Waals surface area contributed by atoms with Gasteiger partial charge in [-0.3, -0.25) is 4.79 Å². The third-order valence-corrected chi connectivity index (χ3v) is 3.18. The zero-order chi connectivity index (χ0) is 11.4. The van der Waals surface area contributed by atoms with Crippen molar-refractivity contribution in [3.05, 3.63) is 48.0 Å². The molecule has 0 unspecified atom stereocenters. The summed E-state index contributed by atoms with van der Waals surface area (Å²) in [5, 5.41) is 2.70. The highest BCUT2D eigenvalue weighted by Gasteiger charge is 2.21. The first kappa shape index (κ1) is 10.9. The van der Waals surface area contributed by atoms with Gasteiger partial charge in [0.15, 0.2) is 0 Å². The van der Waals surface area contributed by atoms with Gasteiger partial charge < -0.3 is 5.32 Å². The van der Waals surface area contributed by atoms with E-state index >= 15 is 0 Å². The molecule has 1 aliphatic carbocycles. The van der Waals surface area contributed by atoms with Crippen molar-refractivity contribution < 1.29 is 4.79 Å². The maximum Gasteiger partial charge on any atom is 0.226 e. The number of benzene rings is 1. The van der Waals surface area contributed by atoms with Crippen molar-refractivity contribution in [3.63, 3.8) is 0 Å². The van der Waals surface area contributed by atoms with E-state index in [0.29, 0.717) is 5.92 Å². The van der Waals surface area contributed by atoms with E-state index in [-0.39, 0.29) is 11.8 Å². The molecule has 0 bridgehead atoms. The Morgan fingerprint density at radius 2 is 1.94 bits per heavy atom. The van der Waals surface area contributed by atoms with Gasteiger partial charge in [0.25, 0.3) is 0 Å². The molecule has 2 rings (SSSR count). The highest BCUT2D eigenvalue weighted by molar-refractivity contribution is 5.80. The van der Waals surface area contributed by atoms with Crippen LogP contribution < -0.4 is 5.32 Å². The summed E-state index contributed by atoms with van der Waals surface area (Å²) in [6.07, 6.45) is 6.20. The molecule has 1 aliphatic rings. The van der Waals surface area contributed by atoms with Crippen molar-refractivity contribution in [2.24, 2.45) is 5.92 Å². The molecule has 0 saturated carbocycles. The predicted octanol–water partition coefficient (Wildman–Crippen LogP) is 2.48. The summed E-state index contributed by atoms with van der Waals surface area (Å²) in [5.41, 5.74) is 1.34. The van der Waals surface area contributed by atoms with Gasteiger partial charge in [0, 0.05) is 13.0 Å². The molecule has 16 heavy (non-hydrogen) atoms. The lowest BCUT2D eigenvalue weighted by Crippen LogP contribution is -2.27. The monoisotopic (exact) mass is 215 g/mol. The largest absolute Gasteiger partial charge is 0.359 e. The van der Waals surface area contributed by atoms with Gasteiger partial charge >= 0.3 is 0 Å². The molecule has 1 aromatic rings. The SMILES string of the molecule is CNC(=O)[C@@H]1C=C[C@H](c2ccccc2)CC1. The summed E-state index contributed by atoms with van der Waals surface area (Å²) >= 11 is 0. The summed E-state index contributed by atoms with van der Waals surface area (Å²) in [7, 11) is 1.69. The zero-order valence-electron chi connectivity index (χ0n) is 9.52. The van der Waals surface area contributed by atoms with E-state index < -0.39 is 0 Å². The highest BCUT2D eigenvalue weighted by Crippen LogP contribution is 2.30. The molecule has 1 N–H and O–H groups in total. The summed E-state index contributed by atoms with van der Waals surface area (Å²) in [6.45, 7) is 0. The van der Waals surface area contributed by atoms with Crippen LogP contribution in [-0.4, -0.2) is 13.0 Å². The third-order valence-electron chi connectivity index (χ3n) is 3.18. The molecule has 0 aromatic heterocycles. The van der Waals surface area contributed by atoms with Crippen LogP contribution in [0.2, 0.25) is 0 Å². The van der Waals surface area contributed by atoms with Crippen LogP contribution in [0.1, 0.15) is 24.3 Å². The quantitative estimate of drug-likeness (QED) is 0.754. The van der Waals surface area contributed by atoms with Gasteiger partial charge in [0.2, 0.25) is 5.91 Å². The number of hydrogen-bond donors (Lipinski definition) is 1. The molecule has 0 saturated heterocycles. The molecule has 2 atom stereocenters. The van der Waals surface area contributed by atoms with Gasteiger partial charge in [-0.15, -0.1) is 0 Å². The summed E-state index contributed by atoms with van der Waals surface area (Å²) in [5.74, 6) is 0.662. The molecule has 0 aliphatic heterocycles. The summed E-state index contributed by atoms with van der Waals surface area (Å²) in [6, 6.07) is 10.5. The molecule has 0 fully saturated rings. The van der Waals surface area contributed by atoms with Crippen molar-refractivity contribution >= 4 is 5.91 Å². The lowest BCUT2D eigenvalue weighted by atomic mass is 9.84. The summed E-state index contributed by atoms with van der Waals surface area (Å²) in [4.78, 5) is 11.4. The first-order valence-corrected chi connectivity index (χ1v) is 5.76. The van der Waals surface area contributed by atoms with Crippen LogP contribution in [0, 0.1) is 5.92 Å². The molecule has 2 nitrogen and oxygen atoms in total. The van der Waals surface area contributed by atoms with E-state index in [4.69, 9.17) is 0 Å². The van der Waals surface area contributed by atoms with Gasteiger partial charge in [-0.1, -0.05) is 42.5 Å². The van der Waals surface area contributed by atoms with Crippen LogP contribution in [0.15, 0.2) is 42.5 Å². The van der Waals surface area contributed by atoms with E-state index in [1.807, 2.05) is 12.1 Å². The van der Waals surface area contributed by atoms with Gasteiger partial charge in [-0.25, -0.2) is 0 Å². The van der Waals surface area contributed by atoms with Crippen molar-refractivity contribution in [3.8, 4) is 0 Å². The Kier molecular flexibility index (Phi) is 3.40. The Morgan fingerprint density at radius 3 is 2.50 bits per heavy atom. The normalized spacial score (nSPS) is 24.1. The number of rotatable bonds is 2. The average molecular weight is 215 g/mol. The molecule has 2 heteroatoms. The number of amides is 1. The van der Waals surface area contributed by atoms with Crippen LogP contribution in [0.4, 0.5) is 0 Å². The Balaban J connectivity index is 2.06. The summed E-state index contributed by atoms with van der Waals surface area (Å²) < 4.78 is 0. The maximum absolute atomic E-state index is 11.4. The third kappa shape index (κ3) is 2.32. The molecule has 0 radical (unpaired) electrons. The Morgan fingerprint density at radius 1 is 1.19 bits per heavy atom. The van der Waals surface area contributed by atoms with Gasteiger partial charge in [0.05, 0.1) is 5.92 Å². The Labute approximate surface area is 96.4 Å². The number of nitrogens with one attached hydrogen (secondary N) is 1. The van der Waals surface area contributed by atoms with Crippen molar-refractivity contribution in [2.45, 2.75) is 18.8 Å². The van der Waals surface area contributed by atoms with Gasteiger partial charge in [-0.2, -0.15) is 0 Å². The molecule has 1 amide bonds. The van der Waals surface area contributed by atoms with E-state index in [1.165, 1.54) is 5.56 Å². The van der Waals surface area contributed by atoms with Crippen LogP contribution in [0.5, 0.6) is 0 Å². The fraction of sp³-hybridized carbons (Fsp3) is 0.357.